The number of fused-ring (bicyclic) bond motifs is 1. The van der Waals surface area contributed by atoms with Gasteiger partial charge in [-0.3, -0.25) is 0 Å². The van der Waals surface area contributed by atoms with Crippen molar-refractivity contribution >= 4 is 16.9 Å². The number of nitrogens with zero attached hydrogens (tertiary/aromatic N) is 2. The van der Waals surface area contributed by atoms with E-state index in [1.165, 1.54) is 0 Å². The summed E-state index contributed by atoms with van der Waals surface area (Å²) in [7, 11) is 0. The van der Waals surface area contributed by atoms with E-state index in [2.05, 4.69) is 9.97 Å². The molecule has 0 radical (unpaired) electrons. The Hall–Kier alpha value is -2.25. The highest BCUT2D eigenvalue weighted by Gasteiger charge is 2.36. The van der Waals surface area contributed by atoms with Gasteiger partial charge in [0, 0.05) is 5.39 Å². The largest absolute Gasteiger partial charge is 0.475 e. The number of carboxylic acid groups (broad SMARTS) is 1. The van der Waals surface area contributed by atoms with Gasteiger partial charge >= 0.3 is 12.1 Å². The maximum Gasteiger partial charge on any atom is 0.434 e. The number of aromatic carboxylic acids is 1. The fourth-order valence-electron chi connectivity index (χ4n) is 1.41. The second kappa shape index (κ2) is 3.90. The molecule has 1 aromatic carbocycles. The lowest BCUT2D eigenvalue weighted by atomic mass is 10.1. The van der Waals surface area contributed by atoms with Crippen molar-refractivity contribution in [3.8, 4) is 0 Å². The minimum atomic E-state index is -4.89. The molecule has 1 heterocycles. The van der Waals surface area contributed by atoms with Crippen molar-refractivity contribution in [2.75, 3.05) is 0 Å². The Morgan fingerprint density at radius 3 is 2.44 bits per heavy atom. The molecule has 0 amide bonds. The van der Waals surface area contributed by atoms with Crippen LogP contribution in [0.25, 0.3) is 10.9 Å². The average Bonchev–Trinajstić information content (AvgIpc) is 2.26. The minimum absolute atomic E-state index is 0.281. The van der Waals surface area contributed by atoms with E-state index in [9.17, 15) is 22.4 Å². The van der Waals surface area contributed by atoms with Crippen molar-refractivity contribution in [1.82, 2.24) is 9.97 Å². The molecule has 2 aromatic rings. The molecule has 0 unspecified atom stereocenters. The highest BCUT2D eigenvalue weighted by atomic mass is 19.4. The number of hydrogen-bond donors (Lipinski definition) is 1. The van der Waals surface area contributed by atoms with Crippen LogP contribution < -0.4 is 0 Å². The molecule has 0 atom stereocenters. The normalized spacial score (nSPS) is 11.8. The van der Waals surface area contributed by atoms with Crippen LogP contribution in [0.15, 0.2) is 18.2 Å². The Labute approximate surface area is 96.9 Å². The van der Waals surface area contributed by atoms with E-state index in [0.717, 1.165) is 12.1 Å². The molecule has 0 aliphatic heterocycles. The zero-order chi connectivity index (χ0) is 13.5. The Bertz CT molecular complexity index is 640. The lowest BCUT2D eigenvalue weighted by Gasteiger charge is -2.09. The zero-order valence-electron chi connectivity index (χ0n) is 8.49. The predicted molar refractivity (Wildman–Crippen MR) is 51.5 cm³/mol. The fourth-order valence-corrected chi connectivity index (χ4v) is 1.41. The minimum Gasteiger partial charge on any atom is -0.475 e. The van der Waals surface area contributed by atoms with E-state index in [-0.39, 0.29) is 5.52 Å². The summed E-state index contributed by atoms with van der Waals surface area (Å²) < 4.78 is 51.0. The Kier molecular flexibility index (Phi) is 2.64. The number of carbonyl (C=O) groups is 1. The molecular weight excluding hydrogens is 256 g/mol. The fraction of sp³-hybridized carbons (Fsp3) is 0.100. The van der Waals surface area contributed by atoms with Crippen LogP contribution in [0, 0.1) is 5.82 Å². The molecule has 0 aliphatic carbocycles. The number of halogens is 4. The molecule has 0 bridgehead atoms. The van der Waals surface area contributed by atoms with Gasteiger partial charge in [0.05, 0.1) is 5.52 Å². The highest BCUT2D eigenvalue weighted by Crippen LogP contribution is 2.33. The van der Waals surface area contributed by atoms with Gasteiger partial charge in [0.15, 0.2) is 5.69 Å². The van der Waals surface area contributed by atoms with Crippen molar-refractivity contribution in [2.24, 2.45) is 0 Å². The van der Waals surface area contributed by atoms with Gasteiger partial charge in [0.25, 0.3) is 0 Å². The first-order valence-corrected chi connectivity index (χ1v) is 4.57. The average molecular weight is 260 g/mol. The molecule has 1 N–H and O–H groups in total. The van der Waals surface area contributed by atoms with Gasteiger partial charge in [0.1, 0.15) is 5.82 Å². The first-order chi connectivity index (χ1) is 8.29. The summed E-state index contributed by atoms with van der Waals surface area (Å²) in [4.78, 5) is 16.9. The third-order valence-electron chi connectivity index (χ3n) is 2.12. The standard InChI is InChI=1S/C10H4F4N2O2/c11-4-1-2-6-5(3-4)7(10(12,13)14)16-8(15-6)9(17)18/h1-3H,(H,17,18). The molecule has 94 valence electrons. The van der Waals surface area contributed by atoms with Crippen LogP contribution in [0.3, 0.4) is 0 Å². The van der Waals surface area contributed by atoms with Crippen molar-refractivity contribution in [2.45, 2.75) is 6.18 Å². The molecule has 0 aliphatic rings. The molecule has 18 heavy (non-hydrogen) atoms. The van der Waals surface area contributed by atoms with E-state index in [1.54, 1.807) is 0 Å². The zero-order valence-corrected chi connectivity index (χ0v) is 8.49. The van der Waals surface area contributed by atoms with Gasteiger partial charge in [-0.1, -0.05) is 0 Å². The quantitative estimate of drug-likeness (QED) is 0.800. The highest BCUT2D eigenvalue weighted by molar-refractivity contribution is 5.88. The van der Waals surface area contributed by atoms with E-state index in [4.69, 9.17) is 5.11 Å². The summed E-state index contributed by atoms with van der Waals surface area (Å²) in [6.45, 7) is 0. The maximum absolute atomic E-state index is 12.9. The van der Waals surface area contributed by atoms with Gasteiger partial charge < -0.3 is 5.11 Å². The molecule has 0 saturated heterocycles. The third-order valence-corrected chi connectivity index (χ3v) is 2.12. The van der Waals surface area contributed by atoms with Crippen molar-refractivity contribution < 1.29 is 27.5 Å². The van der Waals surface area contributed by atoms with Gasteiger partial charge in [-0.2, -0.15) is 13.2 Å². The van der Waals surface area contributed by atoms with Crippen molar-refractivity contribution in [3.05, 3.63) is 35.5 Å². The Balaban J connectivity index is 2.86. The first kappa shape index (κ1) is 12.2. The SMILES string of the molecule is O=C(O)c1nc(C(F)(F)F)c2cc(F)ccc2n1. The molecule has 8 heteroatoms. The predicted octanol–water partition coefficient (Wildman–Crippen LogP) is 2.49. The third kappa shape index (κ3) is 2.08. The summed E-state index contributed by atoms with van der Waals surface area (Å²) in [5.41, 5.74) is -1.75. The van der Waals surface area contributed by atoms with Crippen LogP contribution in [0.2, 0.25) is 0 Å². The summed E-state index contributed by atoms with van der Waals surface area (Å²) in [5, 5.41) is 8.05. The number of alkyl halides is 3. The van der Waals surface area contributed by atoms with Crippen LogP contribution in [-0.2, 0) is 6.18 Å². The second-order valence-electron chi connectivity index (χ2n) is 3.36. The number of rotatable bonds is 1. The van der Waals surface area contributed by atoms with Crippen LogP contribution in [0.1, 0.15) is 16.3 Å². The van der Waals surface area contributed by atoms with Crippen LogP contribution in [0.5, 0.6) is 0 Å². The molecule has 0 spiro atoms. The van der Waals surface area contributed by atoms with Crippen LogP contribution in [-0.4, -0.2) is 21.0 Å². The Morgan fingerprint density at radius 2 is 1.89 bits per heavy atom. The smallest absolute Gasteiger partial charge is 0.434 e. The first-order valence-electron chi connectivity index (χ1n) is 4.57. The van der Waals surface area contributed by atoms with Crippen LogP contribution in [0.4, 0.5) is 17.6 Å². The molecule has 2 rings (SSSR count). The monoisotopic (exact) mass is 260 g/mol. The molecule has 0 fully saturated rings. The lowest BCUT2D eigenvalue weighted by Crippen LogP contribution is -2.14. The van der Waals surface area contributed by atoms with Gasteiger partial charge in [-0.15, -0.1) is 0 Å². The number of benzene rings is 1. The van der Waals surface area contributed by atoms with E-state index in [0.29, 0.717) is 6.07 Å². The summed E-state index contributed by atoms with van der Waals surface area (Å²) >= 11 is 0. The topological polar surface area (TPSA) is 63.1 Å². The molecule has 0 saturated carbocycles. The number of hydrogen-bond acceptors (Lipinski definition) is 3. The summed E-state index contributed by atoms with van der Waals surface area (Å²) in [5.74, 6) is -3.56. The van der Waals surface area contributed by atoms with Gasteiger partial charge in [-0.05, 0) is 18.2 Å². The maximum atomic E-state index is 12.9. The number of carboxylic acids is 1. The van der Waals surface area contributed by atoms with Crippen molar-refractivity contribution in [1.29, 1.82) is 0 Å². The second-order valence-corrected chi connectivity index (χ2v) is 3.36. The molecule has 1 aromatic heterocycles. The summed E-state index contributed by atoms with van der Waals surface area (Å²) in [6.07, 6.45) is -4.89. The van der Waals surface area contributed by atoms with E-state index in [1.807, 2.05) is 0 Å². The Morgan fingerprint density at radius 1 is 1.22 bits per heavy atom. The molecule has 4 nitrogen and oxygen atoms in total. The molecular formula is C10H4F4N2O2. The van der Waals surface area contributed by atoms with Gasteiger partial charge in [-0.25, -0.2) is 19.2 Å². The van der Waals surface area contributed by atoms with Crippen LogP contribution >= 0.6 is 0 Å². The number of aromatic nitrogens is 2. The van der Waals surface area contributed by atoms with E-state index < -0.39 is 34.9 Å². The summed E-state index contributed by atoms with van der Waals surface area (Å²) in [6, 6.07) is 2.47. The van der Waals surface area contributed by atoms with E-state index >= 15 is 0 Å². The lowest BCUT2D eigenvalue weighted by molar-refractivity contribution is -0.139. The van der Waals surface area contributed by atoms with Gasteiger partial charge in [0.2, 0.25) is 5.82 Å². The van der Waals surface area contributed by atoms with Crippen molar-refractivity contribution in [3.63, 3.8) is 0 Å².